The SMILES string of the molecule is NCC1CCC(C(=O)O)CC1.O. The van der Waals surface area contributed by atoms with Crippen LogP contribution in [0.4, 0.5) is 0 Å². The van der Waals surface area contributed by atoms with Gasteiger partial charge in [-0.2, -0.15) is 0 Å². The molecule has 1 fully saturated rings. The average Bonchev–Trinajstić information content (AvgIpc) is 2.05. The van der Waals surface area contributed by atoms with Gasteiger partial charge in [-0.3, -0.25) is 4.79 Å². The second-order valence-electron chi connectivity index (χ2n) is 3.29. The molecule has 0 radical (unpaired) electrons. The Balaban J connectivity index is 0.00000121. The Bertz CT molecular complexity index is 141. The fourth-order valence-electron chi connectivity index (χ4n) is 1.65. The monoisotopic (exact) mass is 175 g/mol. The van der Waals surface area contributed by atoms with Gasteiger partial charge in [-0.1, -0.05) is 0 Å². The maximum Gasteiger partial charge on any atom is 0.306 e. The van der Waals surface area contributed by atoms with Gasteiger partial charge in [0.15, 0.2) is 0 Å². The van der Waals surface area contributed by atoms with Gasteiger partial charge in [0.25, 0.3) is 0 Å². The summed E-state index contributed by atoms with van der Waals surface area (Å²) in [7, 11) is 0. The molecule has 12 heavy (non-hydrogen) atoms. The van der Waals surface area contributed by atoms with Crippen LogP contribution in [0.25, 0.3) is 0 Å². The Kier molecular flexibility index (Phi) is 4.85. The number of nitrogens with two attached hydrogens (primary N) is 1. The quantitative estimate of drug-likeness (QED) is 0.619. The third kappa shape index (κ3) is 2.79. The number of carboxylic acids is 1. The number of rotatable bonds is 2. The molecule has 0 amide bonds. The van der Waals surface area contributed by atoms with Crippen molar-refractivity contribution in [2.75, 3.05) is 6.54 Å². The molecule has 4 heteroatoms. The zero-order chi connectivity index (χ0) is 8.27. The Hall–Kier alpha value is -0.610. The Morgan fingerprint density at radius 3 is 2.17 bits per heavy atom. The topological polar surface area (TPSA) is 94.8 Å². The van der Waals surface area contributed by atoms with Crippen molar-refractivity contribution in [1.29, 1.82) is 0 Å². The summed E-state index contributed by atoms with van der Waals surface area (Å²) in [5, 5.41) is 8.67. The maximum atomic E-state index is 10.5. The molecule has 0 aromatic rings. The molecule has 0 aliphatic heterocycles. The van der Waals surface area contributed by atoms with Crippen LogP contribution < -0.4 is 5.73 Å². The molecule has 5 N–H and O–H groups in total. The fraction of sp³-hybridized carbons (Fsp3) is 0.875. The minimum absolute atomic E-state index is 0. The molecule has 0 saturated heterocycles. The van der Waals surface area contributed by atoms with E-state index < -0.39 is 5.97 Å². The van der Waals surface area contributed by atoms with Crippen LogP contribution in [0.15, 0.2) is 0 Å². The summed E-state index contributed by atoms with van der Waals surface area (Å²) in [6.45, 7) is 0.715. The average molecular weight is 175 g/mol. The van der Waals surface area contributed by atoms with Crippen LogP contribution in [-0.4, -0.2) is 23.1 Å². The third-order valence-electron chi connectivity index (χ3n) is 2.53. The van der Waals surface area contributed by atoms with Crippen LogP contribution in [0.3, 0.4) is 0 Å². The van der Waals surface area contributed by atoms with Gasteiger partial charge in [0, 0.05) is 0 Å². The van der Waals surface area contributed by atoms with Crippen molar-refractivity contribution in [2.45, 2.75) is 25.7 Å². The van der Waals surface area contributed by atoms with Gasteiger partial charge in [0.05, 0.1) is 5.92 Å². The smallest absolute Gasteiger partial charge is 0.306 e. The molecule has 1 aliphatic rings. The Labute approximate surface area is 72.1 Å². The zero-order valence-electron chi connectivity index (χ0n) is 7.12. The van der Waals surface area contributed by atoms with Crippen LogP contribution >= 0.6 is 0 Å². The number of hydrogen-bond donors (Lipinski definition) is 2. The van der Waals surface area contributed by atoms with E-state index in [1.807, 2.05) is 0 Å². The molecular weight excluding hydrogens is 158 g/mol. The zero-order valence-corrected chi connectivity index (χ0v) is 7.12. The molecule has 72 valence electrons. The third-order valence-corrected chi connectivity index (χ3v) is 2.53. The van der Waals surface area contributed by atoms with E-state index in [-0.39, 0.29) is 11.4 Å². The predicted octanol–water partition coefficient (Wildman–Crippen LogP) is 0.0114. The second-order valence-corrected chi connectivity index (χ2v) is 3.29. The van der Waals surface area contributed by atoms with Gasteiger partial charge in [-0.05, 0) is 38.1 Å². The maximum absolute atomic E-state index is 10.5. The summed E-state index contributed by atoms with van der Waals surface area (Å²) in [6.07, 6.45) is 3.62. The number of carboxylic acid groups (broad SMARTS) is 1. The number of hydrogen-bond acceptors (Lipinski definition) is 2. The molecule has 4 nitrogen and oxygen atoms in total. The van der Waals surface area contributed by atoms with Crippen molar-refractivity contribution in [2.24, 2.45) is 17.6 Å². The highest BCUT2D eigenvalue weighted by atomic mass is 16.4. The van der Waals surface area contributed by atoms with Gasteiger partial charge in [-0.15, -0.1) is 0 Å². The van der Waals surface area contributed by atoms with E-state index in [4.69, 9.17) is 10.8 Å². The van der Waals surface area contributed by atoms with Crippen LogP contribution in [0.5, 0.6) is 0 Å². The van der Waals surface area contributed by atoms with Gasteiger partial charge in [0.2, 0.25) is 0 Å². The van der Waals surface area contributed by atoms with Crippen molar-refractivity contribution in [1.82, 2.24) is 0 Å². The first kappa shape index (κ1) is 11.4. The highest BCUT2D eigenvalue weighted by molar-refractivity contribution is 5.69. The summed E-state index contributed by atoms with van der Waals surface area (Å²) in [5.41, 5.74) is 5.48. The molecule has 0 heterocycles. The van der Waals surface area contributed by atoms with Gasteiger partial charge < -0.3 is 16.3 Å². The minimum atomic E-state index is -0.638. The van der Waals surface area contributed by atoms with Crippen molar-refractivity contribution in [3.63, 3.8) is 0 Å². The summed E-state index contributed by atoms with van der Waals surface area (Å²) < 4.78 is 0. The molecule has 1 saturated carbocycles. The number of aliphatic carboxylic acids is 1. The van der Waals surface area contributed by atoms with E-state index >= 15 is 0 Å². The van der Waals surface area contributed by atoms with Crippen LogP contribution in [0, 0.1) is 11.8 Å². The second kappa shape index (κ2) is 5.11. The van der Waals surface area contributed by atoms with Gasteiger partial charge >= 0.3 is 5.97 Å². The summed E-state index contributed by atoms with van der Waals surface area (Å²) in [6, 6.07) is 0. The first-order valence-corrected chi connectivity index (χ1v) is 4.17. The van der Waals surface area contributed by atoms with Crippen molar-refractivity contribution in [3.05, 3.63) is 0 Å². The van der Waals surface area contributed by atoms with E-state index in [1.165, 1.54) is 0 Å². The minimum Gasteiger partial charge on any atom is -0.481 e. The van der Waals surface area contributed by atoms with Crippen LogP contribution in [-0.2, 0) is 4.79 Å². The van der Waals surface area contributed by atoms with E-state index in [9.17, 15) is 4.79 Å². The highest BCUT2D eigenvalue weighted by Crippen LogP contribution is 2.27. The number of carbonyl (C=O) groups is 1. The summed E-state index contributed by atoms with van der Waals surface area (Å²) in [5.74, 6) is -0.163. The lowest BCUT2D eigenvalue weighted by molar-refractivity contribution is -0.143. The molecule has 1 aliphatic carbocycles. The first-order valence-electron chi connectivity index (χ1n) is 4.17. The van der Waals surface area contributed by atoms with Crippen molar-refractivity contribution >= 4 is 5.97 Å². The normalized spacial score (nSPS) is 29.1. The van der Waals surface area contributed by atoms with Crippen LogP contribution in [0.1, 0.15) is 25.7 Å². The lowest BCUT2D eigenvalue weighted by Gasteiger charge is -2.24. The van der Waals surface area contributed by atoms with Crippen molar-refractivity contribution < 1.29 is 15.4 Å². The molecule has 0 bridgehead atoms. The molecule has 1 rings (SSSR count). The summed E-state index contributed by atoms with van der Waals surface area (Å²) >= 11 is 0. The Morgan fingerprint density at radius 1 is 1.33 bits per heavy atom. The lowest BCUT2D eigenvalue weighted by atomic mass is 9.82. The standard InChI is InChI=1S/C8H15NO2.H2O/c9-5-6-1-3-7(4-2-6)8(10)11;/h6-7H,1-5,9H2,(H,10,11);1H2. The largest absolute Gasteiger partial charge is 0.481 e. The molecule has 0 atom stereocenters. The molecule has 0 spiro atoms. The fourth-order valence-corrected chi connectivity index (χ4v) is 1.65. The van der Waals surface area contributed by atoms with E-state index in [1.54, 1.807) is 0 Å². The molecular formula is C8H17NO3. The lowest BCUT2D eigenvalue weighted by Crippen LogP contribution is -2.25. The Morgan fingerprint density at radius 2 is 1.83 bits per heavy atom. The van der Waals surface area contributed by atoms with Crippen LogP contribution in [0.2, 0.25) is 0 Å². The molecule has 0 unspecified atom stereocenters. The van der Waals surface area contributed by atoms with Crippen molar-refractivity contribution in [3.8, 4) is 0 Å². The molecule has 0 aromatic heterocycles. The molecule has 0 aromatic carbocycles. The van der Waals surface area contributed by atoms with Gasteiger partial charge in [-0.25, -0.2) is 0 Å². The van der Waals surface area contributed by atoms with E-state index in [0.29, 0.717) is 12.5 Å². The predicted molar refractivity (Wildman–Crippen MR) is 45.8 cm³/mol. The highest BCUT2D eigenvalue weighted by Gasteiger charge is 2.24. The van der Waals surface area contributed by atoms with E-state index in [2.05, 4.69) is 0 Å². The summed E-state index contributed by atoms with van der Waals surface area (Å²) in [4.78, 5) is 10.5. The van der Waals surface area contributed by atoms with E-state index in [0.717, 1.165) is 25.7 Å². The van der Waals surface area contributed by atoms with Gasteiger partial charge in [0.1, 0.15) is 0 Å². The first-order chi connectivity index (χ1) is 5.24.